The summed E-state index contributed by atoms with van der Waals surface area (Å²) in [6, 6.07) is 19.3. The number of alkyl halides is 3. The van der Waals surface area contributed by atoms with Crippen LogP contribution in [0.5, 0.6) is 11.5 Å². The lowest BCUT2D eigenvalue weighted by Gasteiger charge is -2.10. The molecule has 0 aliphatic heterocycles. The summed E-state index contributed by atoms with van der Waals surface area (Å²) >= 11 is 6.16. The lowest BCUT2D eigenvalue weighted by atomic mass is 10.2. The Morgan fingerprint density at radius 3 is 2.16 bits per heavy atom. The maximum absolute atomic E-state index is 12.7. The molecule has 0 amide bonds. The molecule has 0 spiro atoms. The molecule has 3 aromatic carbocycles. The molecule has 0 atom stereocenters. The van der Waals surface area contributed by atoms with Crippen molar-refractivity contribution >= 4 is 28.2 Å². The van der Waals surface area contributed by atoms with Crippen molar-refractivity contribution in [2.75, 3.05) is 0 Å². The van der Waals surface area contributed by atoms with Crippen LogP contribution in [0.2, 0.25) is 5.02 Å². The highest BCUT2D eigenvalue weighted by atomic mass is 35.5. The maximum atomic E-state index is 12.7. The van der Waals surface area contributed by atoms with Gasteiger partial charge in [0.1, 0.15) is 11.5 Å². The van der Waals surface area contributed by atoms with Crippen LogP contribution in [-0.4, -0.2) is 4.57 Å². The number of ether oxygens (including phenoxy) is 1. The van der Waals surface area contributed by atoms with Crippen LogP contribution in [0.4, 0.5) is 18.9 Å². The zero-order chi connectivity index (χ0) is 22.0. The lowest BCUT2D eigenvalue weighted by Crippen LogP contribution is -2.08. The predicted molar refractivity (Wildman–Crippen MR) is 116 cm³/mol. The molecular formula is C24H18ClF3N2O. The molecule has 0 saturated carbocycles. The van der Waals surface area contributed by atoms with Crippen LogP contribution in [0.1, 0.15) is 12.5 Å². The van der Waals surface area contributed by atoms with E-state index in [1.807, 2.05) is 30.5 Å². The minimum atomic E-state index is -4.37. The maximum Gasteiger partial charge on any atom is 0.416 e. The summed E-state index contributed by atoms with van der Waals surface area (Å²) in [5, 5.41) is 2.46. The van der Waals surface area contributed by atoms with Crippen molar-refractivity contribution in [3.05, 3.63) is 94.9 Å². The molecule has 0 radical (unpaired) electrons. The first-order chi connectivity index (χ1) is 14.8. The molecule has 0 aliphatic carbocycles. The molecule has 0 unspecified atom stereocenters. The van der Waals surface area contributed by atoms with Gasteiger partial charge in [-0.15, -0.1) is 0 Å². The van der Waals surface area contributed by atoms with E-state index in [1.54, 1.807) is 24.3 Å². The van der Waals surface area contributed by atoms with E-state index in [4.69, 9.17) is 21.3 Å². The van der Waals surface area contributed by atoms with Gasteiger partial charge in [0.05, 0.1) is 22.1 Å². The van der Waals surface area contributed by atoms with E-state index in [9.17, 15) is 13.2 Å². The number of pyridine rings is 1. The van der Waals surface area contributed by atoms with Crippen LogP contribution in [0, 0.1) is 0 Å². The van der Waals surface area contributed by atoms with Crippen LogP contribution < -0.4 is 10.1 Å². The van der Waals surface area contributed by atoms with E-state index < -0.39 is 11.7 Å². The fourth-order valence-electron chi connectivity index (χ4n) is 3.24. The zero-order valence-corrected chi connectivity index (χ0v) is 17.3. The molecule has 4 aromatic rings. The average Bonchev–Trinajstić information content (AvgIpc) is 2.75. The quantitative estimate of drug-likeness (QED) is 0.324. The summed E-state index contributed by atoms with van der Waals surface area (Å²) in [4.78, 5) is 4.72. The molecule has 31 heavy (non-hydrogen) atoms. The summed E-state index contributed by atoms with van der Waals surface area (Å²) in [5.41, 5.74) is 1.01. The standard InChI is InChI=1S/C24H18ClF3N2O/c1-2-30-14-13-22(21-12-5-17(25)15-23(21)30)29-18-6-10-20(11-7-18)31-19-8-3-16(4-9-19)24(26,27)28/h3-15H,2H2,1H3. The summed E-state index contributed by atoms with van der Waals surface area (Å²) in [6.45, 7) is 2.87. The number of halogens is 4. The van der Waals surface area contributed by atoms with Gasteiger partial charge in [0.15, 0.2) is 0 Å². The second-order valence-corrected chi connectivity index (χ2v) is 7.31. The molecule has 3 nitrogen and oxygen atoms in total. The highest BCUT2D eigenvalue weighted by Gasteiger charge is 2.30. The van der Waals surface area contributed by atoms with E-state index in [1.165, 1.54) is 12.1 Å². The van der Waals surface area contributed by atoms with Gasteiger partial charge in [0.2, 0.25) is 0 Å². The first kappa shape index (κ1) is 21.0. The number of benzene rings is 3. The summed E-state index contributed by atoms with van der Waals surface area (Å²) in [5.74, 6) is 0.833. The Balaban J connectivity index is 1.60. The number of nitrogens with zero attached hydrogens (tertiary/aromatic N) is 2. The summed E-state index contributed by atoms with van der Waals surface area (Å²) < 4.78 is 45.7. The van der Waals surface area contributed by atoms with Gasteiger partial charge in [0, 0.05) is 23.2 Å². The minimum absolute atomic E-state index is 0.327. The Morgan fingerprint density at radius 1 is 0.903 bits per heavy atom. The van der Waals surface area contributed by atoms with Crippen LogP contribution >= 0.6 is 11.6 Å². The van der Waals surface area contributed by atoms with Gasteiger partial charge in [-0.25, -0.2) is 4.99 Å². The molecular weight excluding hydrogens is 425 g/mol. The lowest BCUT2D eigenvalue weighted by molar-refractivity contribution is -0.137. The largest absolute Gasteiger partial charge is 0.457 e. The summed E-state index contributed by atoms with van der Waals surface area (Å²) in [7, 11) is 0. The van der Waals surface area contributed by atoms with Crippen LogP contribution in [0.3, 0.4) is 0 Å². The monoisotopic (exact) mass is 442 g/mol. The van der Waals surface area contributed by atoms with Crippen molar-refractivity contribution in [3.63, 3.8) is 0 Å². The van der Waals surface area contributed by atoms with Gasteiger partial charge in [0.25, 0.3) is 0 Å². The van der Waals surface area contributed by atoms with Gasteiger partial charge in [-0.05, 0) is 79.7 Å². The molecule has 7 heteroatoms. The topological polar surface area (TPSA) is 26.5 Å². The molecule has 0 aliphatic rings. The number of hydrogen-bond donors (Lipinski definition) is 0. The highest BCUT2D eigenvalue weighted by molar-refractivity contribution is 6.31. The zero-order valence-electron chi connectivity index (χ0n) is 16.5. The van der Waals surface area contributed by atoms with Gasteiger partial charge in [-0.2, -0.15) is 13.2 Å². The fourth-order valence-corrected chi connectivity index (χ4v) is 3.41. The predicted octanol–water partition coefficient (Wildman–Crippen LogP) is 7.36. The van der Waals surface area contributed by atoms with E-state index in [0.717, 1.165) is 40.6 Å². The smallest absolute Gasteiger partial charge is 0.416 e. The fraction of sp³-hybridized carbons (Fsp3) is 0.125. The molecule has 0 bridgehead atoms. The number of rotatable bonds is 4. The van der Waals surface area contributed by atoms with E-state index in [-0.39, 0.29) is 0 Å². The first-order valence-corrected chi connectivity index (χ1v) is 10.00. The molecule has 1 aromatic heterocycles. The number of aryl methyl sites for hydroxylation is 1. The SMILES string of the molecule is CCn1ccc(=Nc2ccc(Oc3ccc(C(F)(F)F)cc3)cc2)c2ccc(Cl)cc21. The molecule has 158 valence electrons. The first-order valence-electron chi connectivity index (χ1n) is 9.62. The second kappa shape index (κ2) is 8.47. The number of hydrogen-bond acceptors (Lipinski definition) is 2. The van der Waals surface area contributed by atoms with Crippen LogP contribution in [0.15, 0.2) is 84.0 Å². The van der Waals surface area contributed by atoms with Crippen molar-refractivity contribution in [3.8, 4) is 11.5 Å². The molecule has 4 rings (SSSR count). The normalized spacial score (nSPS) is 12.4. The van der Waals surface area contributed by atoms with Crippen molar-refractivity contribution in [2.45, 2.75) is 19.6 Å². The number of fused-ring (bicyclic) bond motifs is 1. The Morgan fingerprint density at radius 2 is 1.55 bits per heavy atom. The van der Waals surface area contributed by atoms with Gasteiger partial charge in [-0.3, -0.25) is 0 Å². The van der Waals surface area contributed by atoms with E-state index in [2.05, 4.69) is 11.5 Å². The van der Waals surface area contributed by atoms with Crippen molar-refractivity contribution in [2.24, 2.45) is 4.99 Å². The van der Waals surface area contributed by atoms with Gasteiger partial charge < -0.3 is 9.30 Å². The molecule has 0 saturated heterocycles. The Labute approximate surface area is 182 Å². The average molecular weight is 443 g/mol. The van der Waals surface area contributed by atoms with Crippen molar-refractivity contribution in [1.82, 2.24) is 4.57 Å². The third kappa shape index (κ3) is 4.75. The van der Waals surface area contributed by atoms with Crippen LogP contribution in [0.25, 0.3) is 10.9 Å². The summed E-state index contributed by atoms with van der Waals surface area (Å²) in [6.07, 6.45) is -2.40. The Hall–Kier alpha value is -3.25. The van der Waals surface area contributed by atoms with E-state index in [0.29, 0.717) is 16.5 Å². The van der Waals surface area contributed by atoms with Crippen LogP contribution in [-0.2, 0) is 12.7 Å². The van der Waals surface area contributed by atoms with E-state index >= 15 is 0 Å². The Bertz CT molecular complexity index is 1280. The van der Waals surface area contributed by atoms with Gasteiger partial charge >= 0.3 is 6.18 Å². The second-order valence-electron chi connectivity index (χ2n) is 6.88. The Kier molecular flexibility index (Phi) is 5.74. The molecule has 0 fully saturated rings. The molecule has 1 heterocycles. The number of aromatic nitrogens is 1. The highest BCUT2D eigenvalue weighted by Crippen LogP contribution is 2.31. The molecule has 0 N–H and O–H groups in total. The van der Waals surface area contributed by atoms with Gasteiger partial charge in [-0.1, -0.05) is 11.6 Å². The third-order valence-electron chi connectivity index (χ3n) is 4.80. The van der Waals surface area contributed by atoms with Crippen molar-refractivity contribution in [1.29, 1.82) is 0 Å². The third-order valence-corrected chi connectivity index (χ3v) is 5.04. The van der Waals surface area contributed by atoms with Crippen molar-refractivity contribution < 1.29 is 17.9 Å². The minimum Gasteiger partial charge on any atom is -0.457 e.